The van der Waals surface area contributed by atoms with Crippen LogP contribution in [-0.2, 0) is 20.9 Å². The minimum absolute atomic E-state index is 0.262. The molecule has 0 aromatic heterocycles. The Morgan fingerprint density at radius 1 is 1.25 bits per heavy atom. The zero-order valence-electron chi connectivity index (χ0n) is 9.59. The van der Waals surface area contributed by atoms with Gasteiger partial charge in [0.2, 0.25) is 0 Å². The van der Waals surface area contributed by atoms with E-state index in [2.05, 4.69) is 0 Å². The van der Waals surface area contributed by atoms with E-state index in [-0.39, 0.29) is 12.7 Å². The first-order valence-corrected chi connectivity index (χ1v) is 5.46. The zero-order valence-corrected chi connectivity index (χ0v) is 9.59. The van der Waals surface area contributed by atoms with Crippen LogP contribution in [0.25, 0.3) is 0 Å². The van der Waals surface area contributed by atoms with Crippen LogP contribution in [0.3, 0.4) is 0 Å². The van der Waals surface area contributed by atoms with Gasteiger partial charge in [-0.15, -0.1) is 0 Å². The predicted octanol–water partition coefficient (Wildman–Crippen LogP) is 2.40. The van der Waals surface area contributed by atoms with Gasteiger partial charge < -0.3 is 14.3 Å². The quantitative estimate of drug-likeness (QED) is 0.385. The van der Waals surface area contributed by atoms with Crippen LogP contribution in [0.1, 0.15) is 18.9 Å². The van der Waals surface area contributed by atoms with Gasteiger partial charge in [-0.3, -0.25) is 0 Å². The van der Waals surface area contributed by atoms with Crippen LogP contribution in [0.5, 0.6) is 0 Å². The van der Waals surface area contributed by atoms with Crippen molar-refractivity contribution < 1.29 is 14.3 Å². The van der Waals surface area contributed by atoms with Gasteiger partial charge in [-0.05, 0) is 11.5 Å². The zero-order chi connectivity index (χ0) is 11.6. The van der Waals surface area contributed by atoms with E-state index >= 15 is 0 Å². The van der Waals surface area contributed by atoms with Crippen molar-refractivity contribution in [3.05, 3.63) is 35.9 Å². The summed E-state index contributed by atoms with van der Waals surface area (Å²) in [6, 6.07) is 9.95. The third-order valence-electron chi connectivity index (χ3n) is 2.18. The molecule has 0 aliphatic rings. The summed E-state index contributed by atoms with van der Waals surface area (Å²) < 4.78 is 10.6. The van der Waals surface area contributed by atoms with Gasteiger partial charge in [0.05, 0.1) is 13.2 Å². The van der Waals surface area contributed by atoms with E-state index in [1.807, 2.05) is 37.3 Å². The highest BCUT2D eigenvalue weighted by Crippen LogP contribution is 2.02. The minimum atomic E-state index is 0.262. The van der Waals surface area contributed by atoms with Crippen LogP contribution in [-0.4, -0.2) is 19.7 Å². The van der Waals surface area contributed by atoms with Gasteiger partial charge in [0.25, 0.3) is 0 Å². The van der Waals surface area contributed by atoms with E-state index in [4.69, 9.17) is 9.47 Å². The molecule has 0 bridgehead atoms. The molecular weight excluding hydrogens is 204 g/mol. The number of ether oxygens (including phenoxy) is 2. The van der Waals surface area contributed by atoms with Crippen LogP contribution in [0.15, 0.2) is 30.3 Å². The first-order chi connectivity index (χ1) is 7.83. The second kappa shape index (κ2) is 8.02. The summed E-state index contributed by atoms with van der Waals surface area (Å²) in [5.41, 5.74) is 1.13. The lowest BCUT2D eigenvalue weighted by Crippen LogP contribution is -2.09. The summed E-state index contributed by atoms with van der Waals surface area (Å²) in [5, 5.41) is 0. The maximum atomic E-state index is 10.2. The van der Waals surface area contributed by atoms with Gasteiger partial charge in [-0.2, -0.15) is 0 Å². The van der Waals surface area contributed by atoms with Gasteiger partial charge in [0, 0.05) is 6.42 Å². The van der Waals surface area contributed by atoms with Crippen molar-refractivity contribution in [3.63, 3.8) is 0 Å². The molecule has 0 spiro atoms. The molecule has 0 unspecified atom stereocenters. The molecule has 0 radical (unpaired) electrons. The molecule has 3 heteroatoms. The Morgan fingerprint density at radius 3 is 2.69 bits per heavy atom. The Balaban J connectivity index is 2.02. The highest BCUT2D eigenvalue weighted by atomic mass is 16.7. The molecule has 0 amide bonds. The molecule has 0 N–H and O–H groups in total. The molecule has 0 aliphatic heterocycles. The maximum Gasteiger partial charge on any atom is 0.147 e. The molecule has 0 heterocycles. The average molecular weight is 222 g/mol. The molecule has 1 aromatic carbocycles. The van der Waals surface area contributed by atoms with Crippen molar-refractivity contribution >= 4 is 6.29 Å². The summed E-state index contributed by atoms with van der Waals surface area (Å²) in [6.07, 6.45) is 1.46. The fourth-order valence-corrected chi connectivity index (χ4v) is 1.27. The molecule has 0 fully saturated rings. The molecule has 88 valence electrons. The molecule has 1 rings (SSSR count). The summed E-state index contributed by atoms with van der Waals surface area (Å²) in [7, 11) is 0. The smallest absolute Gasteiger partial charge is 0.147 e. The number of aldehydes is 1. The largest absolute Gasteiger partial charge is 0.355 e. The van der Waals surface area contributed by atoms with Gasteiger partial charge in [-0.1, -0.05) is 37.3 Å². The summed E-state index contributed by atoms with van der Waals surface area (Å²) in [6.45, 7) is 3.38. The van der Waals surface area contributed by atoms with Gasteiger partial charge in [0.15, 0.2) is 0 Å². The van der Waals surface area contributed by atoms with Crippen LogP contribution in [0, 0.1) is 5.92 Å². The van der Waals surface area contributed by atoms with Crippen molar-refractivity contribution in [3.8, 4) is 0 Å². The van der Waals surface area contributed by atoms with E-state index in [1.165, 1.54) is 0 Å². The molecular formula is C13H18O3. The Hall–Kier alpha value is -1.19. The predicted molar refractivity (Wildman–Crippen MR) is 61.9 cm³/mol. The SMILES string of the molecule is C[C@H](CC=O)COCOCc1ccccc1. The fraction of sp³-hybridized carbons (Fsp3) is 0.462. The summed E-state index contributed by atoms with van der Waals surface area (Å²) in [5.74, 6) is 0.262. The van der Waals surface area contributed by atoms with Crippen LogP contribution < -0.4 is 0 Å². The van der Waals surface area contributed by atoms with Gasteiger partial charge in [0.1, 0.15) is 13.1 Å². The molecule has 0 saturated carbocycles. The van der Waals surface area contributed by atoms with E-state index < -0.39 is 0 Å². The number of rotatable bonds is 8. The molecule has 0 aliphatic carbocycles. The van der Waals surface area contributed by atoms with Gasteiger partial charge >= 0.3 is 0 Å². The number of carbonyl (C=O) groups excluding carboxylic acids is 1. The van der Waals surface area contributed by atoms with E-state index in [0.717, 1.165) is 11.8 Å². The van der Waals surface area contributed by atoms with Crippen molar-refractivity contribution in [1.29, 1.82) is 0 Å². The maximum absolute atomic E-state index is 10.2. The van der Waals surface area contributed by atoms with Crippen molar-refractivity contribution in [2.24, 2.45) is 5.92 Å². The summed E-state index contributed by atoms with van der Waals surface area (Å²) in [4.78, 5) is 10.2. The number of benzene rings is 1. The molecule has 1 atom stereocenters. The number of carbonyl (C=O) groups is 1. The normalized spacial score (nSPS) is 12.3. The Bertz CT molecular complexity index is 284. The van der Waals surface area contributed by atoms with Crippen LogP contribution >= 0.6 is 0 Å². The Morgan fingerprint density at radius 2 is 2.00 bits per heavy atom. The monoisotopic (exact) mass is 222 g/mol. The number of hydrogen-bond acceptors (Lipinski definition) is 3. The van der Waals surface area contributed by atoms with E-state index in [9.17, 15) is 4.79 Å². The highest BCUT2D eigenvalue weighted by Gasteiger charge is 2.00. The van der Waals surface area contributed by atoms with Crippen molar-refractivity contribution in [1.82, 2.24) is 0 Å². The molecule has 0 saturated heterocycles. The highest BCUT2D eigenvalue weighted by molar-refractivity contribution is 5.49. The molecule has 1 aromatic rings. The summed E-state index contributed by atoms with van der Waals surface area (Å²) >= 11 is 0. The first-order valence-electron chi connectivity index (χ1n) is 5.46. The fourth-order valence-electron chi connectivity index (χ4n) is 1.27. The number of hydrogen-bond donors (Lipinski definition) is 0. The van der Waals surface area contributed by atoms with E-state index in [1.54, 1.807) is 0 Å². The van der Waals surface area contributed by atoms with Gasteiger partial charge in [-0.25, -0.2) is 0 Å². The molecule has 16 heavy (non-hydrogen) atoms. The third kappa shape index (κ3) is 5.63. The van der Waals surface area contributed by atoms with Crippen LogP contribution in [0.4, 0.5) is 0 Å². The Labute approximate surface area is 96.4 Å². The minimum Gasteiger partial charge on any atom is -0.355 e. The Kier molecular flexibility index (Phi) is 6.45. The lowest BCUT2D eigenvalue weighted by atomic mass is 10.1. The third-order valence-corrected chi connectivity index (χ3v) is 2.18. The molecule has 3 nitrogen and oxygen atoms in total. The average Bonchev–Trinajstić information content (AvgIpc) is 2.30. The lowest BCUT2D eigenvalue weighted by molar-refractivity contribution is -0.110. The lowest BCUT2D eigenvalue weighted by Gasteiger charge is -2.09. The second-order valence-electron chi connectivity index (χ2n) is 3.83. The standard InChI is InChI=1S/C13H18O3/c1-12(7-8-14)9-15-11-16-10-13-5-3-2-4-6-13/h2-6,8,12H,7,9-11H2,1H3/t12-/m1/s1. The van der Waals surface area contributed by atoms with Crippen molar-refractivity contribution in [2.75, 3.05) is 13.4 Å². The van der Waals surface area contributed by atoms with Crippen LogP contribution in [0.2, 0.25) is 0 Å². The van der Waals surface area contributed by atoms with Crippen molar-refractivity contribution in [2.45, 2.75) is 20.0 Å². The van der Waals surface area contributed by atoms with E-state index in [0.29, 0.717) is 19.6 Å². The second-order valence-corrected chi connectivity index (χ2v) is 3.83. The topological polar surface area (TPSA) is 35.5 Å². The first kappa shape index (κ1) is 12.9.